The van der Waals surface area contributed by atoms with Crippen molar-refractivity contribution in [3.63, 3.8) is 0 Å². The fraction of sp³-hybridized carbons (Fsp3) is 0.471. The molecule has 1 heterocycles. The molecule has 0 saturated heterocycles. The van der Waals surface area contributed by atoms with Crippen molar-refractivity contribution in [2.75, 3.05) is 18.5 Å². The molecule has 0 aliphatic heterocycles. The van der Waals surface area contributed by atoms with Crippen LogP contribution in [0, 0.1) is 0 Å². The second-order valence-electron chi connectivity index (χ2n) is 6.14. The van der Waals surface area contributed by atoms with Crippen molar-refractivity contribution in [2.45, 2.75) is 37.8 Å². The van der Waals surface area contributed by atoms with Crippen LogP contribution in [0.15, 0.2) is 30.5 Å². The number of nitrogens with zero attached hydrogens (tertiary/aromatic N) is 2. The molecule has 3 N–H and O–H groups in total. The Balaban J connectivity index is 2.01. The van der Waals surface area contributed by atoms with E-state index in [0.29, 0.717) is 13.1 Å². The van der Waals surface area contributed by atoms with Crippen LogP contribution < -0.4 is 10.6 Å². The first-order valence-corrected chi connectivity index (χ1v) is 7.63. The van der Waals surface area contributed by atoms with E-state index in [1.165, 1.54) is 0 Å². The number of aromatic nitrogens is 1. The Morgan fingerprint density at radius 2 is 2.00 bits per heavy atom. The van der Waals surface area contributed by atoms with E-state index in [9.17, 15) is 5.11 Å². The minimum atomic E-state index is -0.564. The molecule has 1 saturated carbocycles. The fourth-order valence-electron chi connectivity index (χ4n) is 3.48. The lowest BCUT2D eigenvalue weighted by Crippen LogP contribution is -2.39. The Labute approximate surface area is 125 Å². The molecule has 1 aromatic carbocycles. The van der Waals surface area contributed by atoms with Gasteiger partial charge < -0.3 is 15.7 Å². The van der Waals surface area contributed by atoms with E-state index < -0.39 is 5.60 Å². The predicted molar refractivity (Wildman–Crippen MR) is 86.3 cm³/mol. The second kappa shape index (κ2) is 5.62. The van der Waals surface area contributed by atoms with Crippen LogP contribution in [0.3, 0.4) is 0 Å². The molecular formula is C17H23N3O. The number of hydrogen-bond acceptors (Lipinski definition) is 4. The minimum Gasteiger partial charge on any atom is -0.388 e. The molecule has 0 atom stereocenters. The van der Waals surface area contributed by atoms with Gasteiger partial charge >= 0.3 is 0 Å². The maximum Gasteiger partial charge on any atom is 0.0821 e. The van der Waals surface area contributed by atoms with Gasteiger partial charge in [0, 0.05) is 37.3 Å². The third-order valence-electron chi connectivity index (χ3n) is 4.49. The van der Waals surface area contributed by atoms with Crippen LogP contribution in [0.2, 0.25) is 0 Å². The normalized spacial score (nSPS) is 17.3. The standard InChI is InChI=1S/C17H23N3O/c1-20(12-17(21)8-4-5-9-17)16-13(10-18)11-19-15-7-3-2-6-14(15)16/h2-3,6-7,11,21H,4-5,8-10,12,18H2,1H3. The van der Waals surface area contributed by atoms with Crippen molar-refractivity contribution in [1.29, 1.82) is 0 Å². The van der Waals surface area contributed by atoms with Crippen LogP contribution in [-0.2, 0) is 6.54 Å². The maximum atomic E-state index is 10.7. The number of hydrogen-bond donors (Lipinski definition) is 2. The van der Waals surface area contributed by atoms with Crippen molar-refractivity contribution in [3.05, 3.63) is 36.0 Å². The van der Waals surface area contributed by atoms with Crippen molar-refractivity contribution < 1.29 is 5.11 Å². The number of anilines is 1. The lowest BCUT2D eigenvalue weighted by molar-refractivity contribution is 0.0559. The minimum absolute atomic E-state index is 0.454. The highest BCUT2D eigenvalue weighted by atomic mass is 16.3. The van der Waals surface area contributed by atoms with Gasteiger partial charge in [-0.3, -0.25) is 4.98 Å². The maximum absolute atomic E-state index is 10.7. The van der Waals surface area contributed by atoms with Crippen molar-refractivity contribution in [2.24, 2.45) is 5.73 Å². The average molecular weight is 285 g/mol. The van der Waals surface area contributed by atoms with E-state index in [1.807, 2.05) is 31.4 Å². The highest BCUT2D eigenvalue weighted by Gasteiger charge is 2.33. The second-order valence-corrected chi connectivity index (χ2v) is 6.14. The lowest BCUT2D eigenvalue weighted by Gasteiger charge is -2.31. The van der Waals surface area contributed by atoms with Gasteiger partial charge in [-0.2, -0.15) is 0 Å². The van der Waals surface area contributed by atoms with Crippen LogP contribution in [0.1, 0.15) is 31.2 Å². The van der Waals surface area contributed by atoms with Gasteiger partial charge in [0.25, 0.3) is 0 Å². The first kappa shape index (κ1) is 14.3. The highest BCUT2D eigenvalue weighted by Crippen LogP contribution is 2.34. The Morgan fingerprint density at radius 1 is 1.29 bits per heavy atom. The smallest absolute Gasteiger partial charge is 0.0821 e. The zero-order chi connectivity index (χ0) is 14.9. The van der Waals surface area contributed by atoms with Gasteiger partial charge in [0.1, 0.15) is 0 Å². The summed E-state index contributed by atoms with van der Waals surface area (Å²) in [7, 11) is 2.04. The highest BCUT2D eigenvalue weighted by molar-refractivity contribution is 5.93. The number of rotatable bonds is 4. The van der Waals surface area contributed by atoms with E-state index >= 15 is 0 Å². The first-order chi connectivity index (χ1) is 10.1. The molecule has 1 aliphatic carbocycles. The van der Waals surface area contributed by atoms with E-state index in [1.54, 1.807) is 0 Å². The molecule has 0 radical (unpaired) electrons. The number of nitrogens with two attached hydrogens (primary N) is 1. The number of para-hydroxylation sites is 1. The molecule has 0 bridgehead atoms. The van der Waals surface area contributed by atoms with Crippen molar-refractivity contribution >= 4 is 16.6 Å². The Bertz CT molecular complexity index is 635. The zero-order valence-electron chi connectivity index (χ0n) is 12.5. The van der Waals surface area contributed by atoms with E-state index in [2.05, 4.69) is 16.0 Å². The quantitative estimate of drug-likeness (QED) is 0.905. The number of benzene rings is 1. The molecule has 4 heteroatoms. The third kappa shape index (κ3) is 2.74. The molecule has 21 heavy (non-hydrogen) atoms. The molecular weight excluding hydrogens is 262 g/mol. The average Bonchev–Trinajstić information content (AvgIpc) is 2.92. The van der Waals surface area contributed by atoms with Crippen molar-refractivity contribution in [1.82, 2.24) is 4.98 Å². The molecule has 0 amide bonds. The van der Waals surface area contributed by atoms with E-state index in [-0.39, 0.29) is 0 Å². The number of aliphatic hydroxyl groups is 1. The summed E-state index contributed by atoms with van der Waals surface area (Å²) in [5.74, 6) is 0. The molecule has 0 unspecified atom stereocenters. The van der Waals surface area contributed by atoms with Crippen LogP contribution in [0.5, 0.6) is 0 Å². The van der Waals surface area contributed by atoms with Gasteiger partial charge in [-0.1, -0.05) is 31.0 Å². The zero-order valence-corrected chi connectivity index (χ0v) is 12.5. The lowest BCUT2D eigenvalue weighted by atomic mass is 10.0. The Hall–Kier alpha value is -1.65. The molecule has 2 aromatic rings. The van der Waals surface area contributed by atoms with E-state index in [4.69, 9.17) is 5.73 Å². The summed E-state index contributed by atoms with van der Waals surface area (Å²) in [5.41, 5.74) is 8.42. The largest absolute Gasteiger partial charge is 0.388 e. The van der Waals surface area contributed by atoms with Gasteiger partial charge in [0.15, 0.2) is 0 Å². The van der Waals surface area contributed by atoms with Gasteiger partial charge in [0.05, 0.1) is 16.8 Å². The summed E-state index contributed by atoms with van der Waals surface area (Å²) in [6.45, 7) is 1.10. The number of pyridine rings is 1. The number of likely N-dealkylation sites (N-methyl/N-ethyl adjacent to an activating group) is 1. The van der Waals surface area contributed by atoms with Crippen LogP contribution in [0.4, 0.5) is 5.69 Å². The SMILES string of the molecule is CN(CC1(O)CCCC1)c1c(CN)cnc2ccccc12. The fourth-order valence-corrected chi connectivity index (χ4v) is 3.48. The topological polar surface area (TPSA) is 62.4 Å². The van der Waals surface area contributed by atoms with Gasteiger partial charge in [-0.05, 0) is 18.9 Å². The molecule has 0 spiro atoms. The van der Waals surface area contributed by atoms with E-state index in [0.717, 1.165) is 47.8 Å². The van der Waals surface area contributed by atoms with Gasteiger partial charge in [-0.25, -0.2) is 0 Å². The molecule has 112 valence electrons. The summed E-state index contributed by atoms with van der Waals surface area (Å²) < 4.78 is 0. The van der Waals surface area contributed by atoms with Crippen LogP contribution in [-0.4, -0.2) is 29.3 Å². The number of fused-ring (bicyclic) bond motifs is 1. The van der Waals surface area contributed by atoms with Gasteiger partial charge in [-0.15, -0.1) is 0 Å². The van der Waals surface area contributed by atoms with Crippen LogP contribution >= 0.6 is 0 Å². The summed E-state index contributed by atoms with van der Waals surface area (Å²) in [4.78, 5) is 6.63. The predicted octanol–water partition coefficient (Wildman–Crippen LogP) is 2.43. The third-order valence-corrected chi connectivity index (χ3v) is 4.49. The molecule has 1 aromatic heterocycles. The first-order valence-electron chi connectivity index (χ1n) is 7.63. The summed E-state index contributed by atoms with van der Waals surface area (Å²) in [6, 6.07) is 8.10. The Morgan fingerprint density at radius 3 is 2.71 bits per heavy atom. The van der Waals surface area contributed by atoms with Crippen LogP contribution in [0.25, 0.3) is 10.9 Å². The molecule has 3 rings (SSSR count). The monoisotopic (exact) mass is 285 g/mol. The summed E-state index contributed by atoms with van der Waals surface area (Å²) in [6.07, 6.45) is 5.86. The summed E-state index contributed by atoms with van der Waals surface area (Å²) in [5, 5.41) is 11.8. The van der Waals surface area contributed by atoms with Crippen molar-refractivity contribution in [3.8, 4) is 0 Å². The molecule has 1 fully saturated rings. The molecule has 4 nitrogen and oxygen atoms in total. The van der Waals surface area contributed by atoms with Gasteiger partial charge in [0.2, 0.25) is 0 Å². The molecule has 1 aliphatic rings. The Kier molecular flexibility index (Phi) is 3.83. The summed E-state index contributed by atoms with van der Waals surface area (Å²) >= 11 is 0.